The minimum atomic E-state index is -1.90. The van der Waals surface area contributed by atoms with E-state index in [-0.39, 0.29) is 20.5 Å². The molecule has 2 nitrogen and oxygen atoms in total. The van der Waals surface area contributed by atoms with E-state index in [1.165, 1.54) is 16.7 Å². The summed E-state index contributed by atoms with van der Waals surface area (Å²) in [5, 5.41) is 2.37. The SMILES string of the molecule is CCOC(=O)/C=C\[Se]P(=S)(c1ccccc1)c1ccccc1. The Kier molecular flexibility index (Phi) is 6.60. The fraction of sp³-hybridized carbons (Fsp3) is 0.118. The van der Waals surface area contributed by atoms with Gasteiger partial charge in [-0.1, -0.05) is 0 Å². The minimum absolute atomic E-state index is 0.0117. The number of benzene rings is 2. The van der Waals surface area contributed by atoms with Gasteiger partial charge in [0.15, 0.2) is 0 Å². The Morgan fingerprint density at radius 3 is 2.05 bits per heavy atom. The Hall–Kier alpha value is -1.18. The molecule has 0 bridgehead atoms. The number of ether oxygens (including phenoxy) is 1. The van der Waals surface area contributed by atoms with Gasteiger partial charge in [-0.15, -0.1) is 0 Å². The number of hydrogen-bond donors (Lipinski definition) is 0. The summed E-state index contributed by atoms with van der Waals surface area (Å²) in [6.07, 6.45) is 1.51. The van der Waals surface area contributed by atoms with E-state index >= 15 is 0 Å². The van der Waals surface area contributed by atoms with Gasteiger partial charge < -0.3 is 0 Å². The van der Waals surface area contributed by atoms with Gasteiger partial charge in [0.05, 0.1) is 0 Å². The molecule has 0 aliphatic carbocycles. The Morgan fingerprint density at radius 2 is 1.59 bits per heavy atom. The van der Waals surface area contributed by atoms with Gasteiger partial charge in [-0.2, -0.15) is 0 Å². The van der Waals surface area contributed by atoms with Gasteiger partial charge in [0.1, 0.15) is 0 Å². The van der Waals surface area contributed by atoms with E-state index in [2.05, 4.69) is 24.3 Å². The third kappa shape index (κ3) is 4.41. The molecule has 0 radical (unpaired) electrons. The van der Waals surface area contributed by atoms with Crippen LogP contribution in [0.1, 0.15) is 6.92 Å². The number of carbonyl (C=O) groups is 1. The molecule has 2 aromatic rings. The van der Waals surface area contributed by atoms with Crippen LogP contribution in [0, 0.1) is 0 Å². The van der Waals surface area contributed by atoms with E-state index in [9.17, 15) is 4.79 Å². The molecule has 0 N–H and O–H groups in total. The summed E-state index contributed by atoms with van der Waals surface area (Å²) in [7, 11) is 0. The topological polar surface area (TPSA) is 26.3 Å². The first kappa shape index (κ1) is 17.2. The van der Waals surface area contributed by atoms with Crippen molar-refractivity contribution in [1.29, 1.82) is 0 Å². The van der Waals surface area contributed by atoms with Gasteiger partial charge in [0.25, 0.3) is 0 Å². The summed E-state index contributed by atoms with van der Waals surface area (Å²) >= 11 is 6.10. The van der Waals surface area contributed by atoms with Gasteiger partial charge in [0.2, 0.25) is 0 Å². The molecule has 0 fully saturated rings. The van der Waals surface area contributed by atoms with E-state index in [0.29, 0.717) is 6.61 Å². The molecule has 5 heteroatoms. The van der Waals surface area contributed by atoms with Gasteiger partial charge in [-0.25, -0.2) is 0 Å². The predicted octanol–water partition coefficient (Wildman–Crippen LogP) is 2.81. The summed E-state index contributed by atoms with van der Waals surface area (Å²) in [5.74, 6) is -0.299. The van der Waals surface area contributed by atoms with E-state index in [4.69, 9.17) is 16.5 Å². The van der Waals surface area contributed by atoms with Crippen LogP contribution < -0.4 is 10.6 Å². The molecule has 0 amide bonds. The Morgan fingerprint density at radius 1 is 1.09 bits per heavy atom. The molecule has 0 aliphatic heterocycles. The summed E-state index contributed by atoms with van der Waals surface area (Å²) in [4.78, 5) is 13.4. The second-order valence-corrected chi connectivity index (χ2v) is 15.3. The molecule has 0 spiro atoms. The summed E-state index contributed by atoms with van der Waals surface area (Å²) in [6, 6.07) is 20.4. The van der Waals surface area contributed by atoms with Crippen molar-refractivity contribution in [2.45, 2.75) is 6.92 Å². The van der Waals surface area contributed by atoms with Crippen LogP contribution in [0.4, 0.5) is 0 Å². The number of rotatable bonds is 6. The molecular formula is C17H17O2PSSe. The number of hydrogen-bond acceptors (Lipinski definition) is 3. The molecule has 0 unspecified atom stereocenters. The van der Waals surface area contributed by atoms with Crippen molar-refractivity contribution in [3.8, 4) is 0 Å². The summed E-state index contributed by atoms with van der Waals surface area (Å²) in [6.45, 7) is 2.19. The molecule has 2 rings (SSSR count). The normalized spacial score (nSPS) is 11.5. The zero-order valence-electron chi connectivity index (χ0n) is 12.2. The van der Waals surface area contributed by atoms with E-state index in [0.717, 1.165) is 0 Å². The molecule has 22 heavy (non-hydrogen) atoms. The Labute approximate surface area is 142 Å². The van der Waals surface area contributed by atoms with Gasteiger partial charge >= 0.3 is 142 Å². The van der Waals surface area contributed by atoms with Crippen LogP contribution in [0.2, 0.25) is 0 Å². The maximum absolute atomic E-state index is 11.5. The second kappa shape index (κ2) is 8.45. The summed E-state index contributed by atoms with van der Waals surface area (Å²) < 4.78 is 3.03. The zero-order chi connectivity index (χ0) is 15.8. The maximum atomic E-state index is 11.5. The van der Waals surface area contributed by atoms with Gasteiger partial charge in [-0.05, 0) is 0 Å². The molecule has 0 atom stereocenters. The molecule has 0 heterocycles. The monoisotopic (exact) mass is 396 g/mol. The molecule has 2 aromatic carbocycles. The molecule has 0 aliphatic rings. The standard InChI is InChI=1S/C17H17O2PSSe/c1-2-19-17(18)13-14-22-20(21,15-9-5-3-6-10-15)16-11-7-4-8-12-16/h3-14H,2H2,1H3/b14-13-. The molecule has 0 aromatic heterocycles. The molecule has 0 saturated heterocycles. The third-order valence-electron chi connectivity index (χ3n) is 2.89. The molecular weight excluding hydrogens is 378 g/mol. The number of esters is 1. The van der Waals surface area contributed by atoms with Crippen LogP contribution in [-0.4, -0.2) is 27.1 Å². The van der Waals surface area contributed by atoms with Crippen molar-refractivity contribution >= 4 is 47.6 Å². The van der Waals surface area contributed by atoms with Crippen molar-refractivity contribution in [2.75, 3.05) is 6.61 Å². The van der Waals surface area contributed by atoms with Crippen LogP contribution in [0.3, 0.4) is 0 Å². The fourth-order valence-corrected chi connectivity index (χ4v) is 10.0. The van der Waals surface area contributed by atoms with E-state index in [1.54, 1.807) is 6.92 Å². The number of carbonyl (C=O) groups excluding carboxylic acids is 1. The van der Waals surface area contributed by atoms with Crippen LogP contribution >= 0.6 is 4.73 Å². The third-order valence-corrected chi connectivity index (χ3v) is 13.4. The first-order valence-electron chi connectivity index (χ1n) is 6.90. The van der Waals surface area contributed by atoms with Crippen LogP contribution in [0.5, 0.6) is 0 Å². The Bertz CT molecular complexity index is 643. The van der Waals surface area contributed by atoms with Crippen LogP contribution in [0.25, 0.3) is 0 Å². The van der Waals surface area contributed by atoms with Crippen LogP contribution in [0.15, 0.2) is 71.7 Å². The zero-order valence-corrected chi connectivity index (χ0v) is 15.6. The first-order chi connectivity index (χ1) is 10.7. The molecule has 0 saturated carbocycles. The predicted molar refractivity (Wildman–Crippen MR) is 98.0 cm³/mol. The quantitative estimate of drug-likeness (QED) is 0.326. The average Bonchev–Trinajstić information content (AvgIpc) is 2.56. The summed E-state index contributed by atoms with van der Waals surface area (Å²) in [5.41, 5.74) is 0. The average molecular weight is 395 g/mol. The van der Waals surface area contributed by atoms with Gasteiger partial charge in [0, 0.05) is 0 Å². The fourth-order valence-electron chi connectivity index (χ4n) is 1.88. The van der Waals surface area contributed by atoms with E-state index < -0.39 is 4.73 Å². The van der Waals surface area contributed by atoms with E-state index in [1.807, 2.05) is 41.4 Å². The van der Waals surface area contributed by atoms with Crippen LogP contribution in [-0.2, 0) is 21.3 Å². The Balaban J connectivity index is 2.32. The van der Waals surface area contributed by atoms with Crippen molar-refractivity contribution in [3.63, 3.8) is 0 Å². The second-order valence-electron chi connectivity index (χ2n) is 4.38. The van der Waals surface area contributed by atoms with Gasteiger partial charge in [-0.3, -0.25) is 0 Å². The van der Waals surface area contributed by atoms with Crippen molar-refractivity contribution in [1.82, 2.24) is 0 Å². The molecule has 114 valence electrons. The van der Waals surface area contributed by atoms with Crippen molar-refractivity contribution in [2.24, 2.45) is 0 Å². The van der Waals surface area contributed by atoms with Crippen molar-refractivity contribution in [3.05, 3.63) is 71.7 Å². The van der Waals surface area contributed by atoms with Crippen molar-refractivity contribution < 1.29 is 9.53 Å². The first-order valence-corrected chi connectivity index (χ1v) is 12.9.